The highest BCUT2D eigenvalue weighted by atomic mass is 35.5. The Morgan fingerprint density at radius 3 is 2.12 bits per heavy atom. The Labute approximate surface area is 164 Å². The summed E-state index contributed by atoms with van der Waals surface area (Å²) in [6, 6.07) is 13.2. The van der Waals surface area contributed by atoms with Crippen molar-refractivity contribution in [2.24, 2.45) is 5.73 Å². The molecule has 1 fully saturated rings. The number of piperazine rings is 1. The molecule has 1 aliphatic heterocycles. The van der Waals surface area contributed by atoms with Crippen LogP contribution >= 0.6 is 23.7 Å². The minimum Gasteiger partial charge on any atom is -0.337 e. The SMILES string of the molecule is Cc1ccc(C(=O)N2CCN(C(=O)C(C)(N)c3ccccc3)CC2)s1.Cl. The van der Waals surface area contributed by atoms with Gasteiger partial charge in [0.1, 0.15) is 5.54 Å². The molecule has 1 saturated heterocycles. The predicted octanol–water partition coefficient (Wildman–Crippen LogP) is 2.64. The van der Waals surface area contributed by atoms with Gasteiger partial charge in [-0.15, -0.1) is 23.7 Å². The first kappa shape index (κ1) is 20.4. The number of thiophene rings is 1. The van der Waals surface area contributed by atoms with Gasteiger partial charge in [-0.3, -0.25) is 9.59 Å². The first-order chi connectivity index (χ1) is 11.9. The van der Waals surface area contributed by atoms with Gasteiger partial charge >= 0.3 is 0 Å². The molecule has 2 N–H and O–H groups in total. The van der Waals surface area contributed by atoms with Crippen molar-refractivity contribution in [1.29, 1.82) is 0 Å². The monoisotopic (exact) mass is 393 g/mol. The Morgan fingerprint density at radius 2 is 1.58 bits per heavy atom. The molecule has 0 aliphatic carbocycles. The third-order valence-corrected chi connectivity index (χ3v) is 5.61. The fourth-order valence-electron chi connectivity index (χ4n) is 3.05. The standard InChI is InChI=1S/C19H23N3O2S.ClH/c1-14-8-9-16(25-14)17(23)21-10-12-22(13-11-21)18(24)19(2,20)15-6-4-3-5-7-15;/h3-9H,10-13,20H2,1-2H3;1H. The molecule has 0 saturated carbocycles. The van der Waals surface area contributed by atoms with Crippen LogP contribution in [0.25, 0.3) is 0 Å². The number of rotatable bonds is 3. The number of carbonyl (C=O) groups excluding carboxylic acids is 2. The van der Waals surface area contributed by atoms with Crippen LogP contribution in [0.15, 0.2) is 42.5 Å². The van der Waals surface area contributed by atoms with Crippen molar-refractivity contribution < 1.29 is 9.59 Å². The van der Waals surface area contributed by atoms with Crippen LogP contribution in [0.2, 0.25) is 0 Å². The van der Waals surface area contributed by atoms with E-state index in [1.54, 1.807) is 11.8 Å². The van der Waals surface area contributed by atoms with Gasteiger partial charge in [0.25, 0.3) is 5.91 Å². The highest BCUT2D eigenvalue weighted by Gasteiger charge is 2.36. The van der Waals surface area contributed by atoms with Crippen LogP contribution in [-0.4, -0.2) is 47.8 Å². The van der Waals surface area contributed by atoms with Gasteiger partial charge in [0, 0.05) is 31.1 Å². The molecule has 1 atom stereocenters. The maximum atomic E-state index is 12.9. The van der Waals surface area contributed by atoms with E-state index in [4.69, 9.17) is 5.73 Å². The van der Waals surface area contributed by atoms with E-state index in [1.165, 1.54) is 11.3 Å². The third kappa shape index (κ3) is 4.09. The number of hydrogen-bond acceptors (Lipinski definition) is 4. The molecule has 26 heavy (non-hydrogen) atoms. The van der Waals surface area contributed by atoms with Gasteiger partial charge in [-0.1, -0.05) is 30.3 Å². The molecule has 7 heteroatoms. The quantitative estimate of drug-likeness (QED) is 0.871. The number of hydrogen-bond donors (Lipinski definition) is 1. The minimum atomic E-state index is -1.06. The number of nitrogens with two attached hydrogens (primary N) is 1. The second kappa shape index (κ2) is 8.20. The number of nitrogens with zero attached hydrogens (tertiary/aromatic N) is 2. The lowest BCUT2D eigenvalue weighted by Gasteiger charge is -2.38. The molecule has 5 nitrogen and oxygen atoms in total. The van der Waals surface area contributed by atoms with E-state index in [2.05, 4.69) is 0 Å². The molecule has 0 radical (unpaired) electrons. The summed E-state index contributed by atoms with van der Waals surface area (Å²) in [4.78, 5) is 30.8. The van der Waals surface area contributed by atoms with E-state index in [0.717, 1.165) is 15.3 Å². The molecule has 1 aromatic carbocycles. The highest BCUT2D eigenvalue weighted by Crippen LogP contribution is 2.22. The van der Waals surface area contributed by atoms with Crippen molar-refractivity contribution in [3.63, 3.8) is 0 Å². The zero-order valence-electron chi connectivity index (χ0n) is 15.0. The van der Waals surface area contributed by atoms with E-state index >= 15 is 0 Å². The second-order valence-electron chi connectivity index (χ2n) is 6.56. The van der Waals surface area contributed by atoms with Crippen molar-refractivity contribution in [1.82, 2.24) is 9.80 Å². The van der Waals surface area contributed by atoms with Crippen molar-refractivity contribution >= 4 is 35.6 Å². The van der Waals surface area contributed by atoms with Crippen LogP contribution < -0.4 is 5.73 Å². The lowest BCUT2D eigenvalue weighted by Crippen LogP contribution is -2.57. The summed E-state index contributed by atoms with van der Waals surface area (Å²) < 4.78 is 0. The van der Waals surface area contributed by atoms with Gasteiger partial charge in [0.15, 0.2) is 0 Å². The van der Waals surface area contributed by atoms with Crippen LogP contribution in [0.3, 0.4) is 0 Å². The lowest BCUT2D eigenvalue weighted by molar-refractivity contribution is -0.138. The number of aryl methyl sites for hydroxylation is 1. The number of benzene rings is 1. The molecule has 1 aliphatic rings. The Morgan fingerprint density at radius 1 is 1.00 bits per heavy atom. The van der Waals surface area contributed by atoms with Crippen molar-refractivity contribution in [3.05, 3.63) is 57.8 Å². The number of carbonyl (C=O) groups is 2. The van der Waals surface area contributed by atoms with Gasteiger partial charge in [-0.05, 0) is 31.5 Å². The Kier molecular flexibility index (Phi) is 6.44. The summed E-state index contributed by atoms with van der Waals surface area (Å²) in [5, 5.41) is 0. The molecule has 2 aromatic rings. The minimum absolute atomic E-state index is 0. The topological polar surface area (TPSA) is 66.6 Å². The van der Waals surface area contributed by atoms with E-state index in [-0.39, 0.29) is 24.2 Å². The van der Waals surface area contributed by atoms with Crippen LogP contribution in [0.4, 0.5) is 0 Å². The molecule has 1 unspecified atom stereocenters. The maximum Gasteiger partial charge on any atom is 0.264 e. The van der Waals surface area contributed by atoms with E-state index in [1.807, 2.05) is 54.3 Å². The average Bonchev–Trinajstić information content (AvgIpc) is 3.07. The van der Waals surface area contributed by atoms with E-state index < -0.39 is 5.54 Å². The van der Waals surface area contributed by atoms with Gasteiger partial charge < -0.3 is 15.5 Å². The fourth-order valence-corrected chi connectivity index (χ4v) is 3.89. The summed E-state index contributed by atoms with van der Waals surface area (Å²) in [5.74, 6) is -0.0541. The second-order valence-corrected chi connectivity index (χ2v) is 7.85. The van der Waals surface area contributed by atoms with Gasteiger partial charge in [0.05, 0.1) is 4.88 Å². The lowest BCUT2D eigenvalue weighted by atomic mass is 9.91. The average molecular weight is 394 g/mol. The van der Waals surface area contributed by atoms with Crippen LogP contribution in [0, 0.1) is 6.92 Å². The molecule has 1 aromatic heterocycles. The van der Waals surface area contributed by atoms with Crippen molar-refractivity contribution in [3.8, 4) is 0 Å². The molecule has 140 valence electrons. The number of halogens is 1. The predicted molar refractivity (Wildman–Crippen MR) is 107 cm³/mol. The fraction of sp³-hybridized carbons (Fsp3) is 0.368. The highest BCUT2D eigenvalue weighted by molar-refractivity contribution is 7.13. The van der Waals surface area contributed by atoms with E-state index in [9.17, 15) is 9.59 Å². The molecular formula is C19H24ClN3O2S. The Bertz CT molecular complexity index is 768. The zero-order chi connectivity index (χ0) is 18.0. The third-order valence-electron chi connectivity index (χ3n) is 4.62. The number of amides is 2. The molecule has 0 bridgehead atoms. The Hall–Kier alpha value is -1.89. The van der Waals surface area contributed by atoms with Crippen molar-refractivity contribution in [2.75, 3.05) is 26.2 Å². The molecular weight excluding hydrogens is 370 g/mol. The summed E-state index contributed by atoms with van der Waals surface area (Å²) >= 11 is 1.51. The van der Waals surface area contributed by atoms with E-state index in [0.29, 0.717) is 26.2 Å². The van der Waals surface area contributed by atoms with Gasteiger partial charge in [-0.2, -0.15) is 0 Å². The van der Waals surface area contributed by atoms with Gasteiger partial charge in [-0.25, -0.2) is 0 Å². The van der Waals surface area contributed by atoms with Crippen LogP contribution in [0.5, 0.6) is 0 Å². The van der Waals surface area contributed by atoms with Crippen molar-refractivity contribution in [2.45, 2.75) is 19.4 Å². The summed E-state index contributed by atoms with van der Waals surface area (Å²) in [6.07, 6.45) is 0. The summed E-state index contributed by atoms with van der Waals surface area (Å²) in [7, 11) is 0. The Balaban J connectivity index is 0.00000243. The first-order valence-corrected chi connectivity index (χ1v) is 9.21. The van der Waals surface area contributed by atoms with Crippen LogP contribution in [-0.2, 0) is 10.3 Å². The molecule has 0 spiro atoms. The normalized spacial score (nSPS) is 16.6. The summed E-state index contributed by atoms with van der Waals surface area (Å²) in [5.41, 5.74) is 6.07. The largest absolute Gasteiger partial charge is 0.337 e. The van der Waals surface area contributed by atoms with Gasteiger partial charge in [0.2, 0.25) is 5.91 Å². The smallest absolute Gasteiger partial charge is 0.264 e. The molecule has 3 rings (SSSR count). The molecule has 2 heterocycles. The maximum absolute atomic E-state index is 12.9. The molecule has 2 amide bonds. The van der Waals surface area contributed by atoms with Crippen LogP contribution in [0.1, 0.15) is 27.0 Å². The summed E-state index contributed by atoms with van der Waals surface area (Å²) in [6.45, 7) is 5.82. The zero-order valence-corrected chi connectivity index (χ0v) is 16.6. The first-order valence-electron chi connectivity index (χ1n) is 8.39.